The summed E-state index contributed by atoms with van der Waals surface area (Å²) >= 11 is 0. The lowest BCUT2D eigenvalue weighted by Crippen LogP contribution is -2.55. The third-order valence-electron chi connectivity index (χ3n) is 2.44. The van der Waals surface area contributed by atoms with Crippen molar-refractivity contribution in [2.24, 2.45) is 0 Å². The number of carbonyl (C=O) groups is 1. The van der Waals surface area contributed by atoms with Crippen LogP contribution in [-0.4, -0.2) is 32.8 Å². The number of nitrogens with one attached hydrogen (secondary N) is 1. The smallest absolute Gasteiger partial charge is 0.422 e. The van der Waals surface area contributed by atoms with E-state index in [9.17, 15) is 18.0 Å². The lowest BCUT2D eigenvalue weighted by atomic mass is 10.0. The molecule has 1 aromatic rings. The number of hydrogen-bond acceptors (Lipinski definition) is 4. The molecule has 0 aromatic carbocycles. The van der Waals surface area contributed by atoms with Crippen LogP contribution in [0.25, 0.3) is 0 Å². The van der Waals surface area contributed by atoms with Gasteiger partial charge in [-0.1, -0.05) is 0 Å². The maximum absolute atomic E-state index is 12.8. The highest BCUT2D eigenvalue weighted by Gasteiger charge is 2.58. The standard InChI is InChI=1S/C10H12F3N3O2/c1-5-4-14-6(2)7(15-5)16-9(3,8(17)18)10(11,12)13/h4H,1-3H3,(H,15,16)(H,17,18). The Balaban J connectivity index is 3.20. The van der Waals surface area contributed by atoms with E-state index in [0.29, 0.717) is 12.6 Å². The van der Waals surface area contributed by atoms with Gasteiger partial charge in [0.05, 0.1) is 11.4 Å². The van der Waals surface area contributed by atoms with Crippen molar-refractivity contribution in [2.75, 3.05) is 5.32 Å². The van der Waals surface area contributed by atoms with Crippen LogP contribution in [0.1, 0.15) is 18.3 Å². The second-order valence-corrected chi connectivity index (χ2v) is 4.00. The number of aryl methyl sites for hydroxylation is 2. The van der Waals surface area contributed by atoms with Gasteiger partial charge in [0.15, 0.2) is 0 Å². The average molecular weight is 263 g/mol. The molecule has 1 atom stereocenters. The van der Waals surface area contributed by atoms with Crippen LogP contribution in [-0.2, 0) is 4.79 Å². The first-order valence-corrected chi connectivity index (χ1v) is 4.96. The fourth-order valence-electron chi connectivity index (χ4n) is 1.14. The highest BCUT2D eigenvalue weighted by atomic mass is 19.4. The van der Waals surface area contributed by atoms with Crippen molar-refractivity contribution >= 4 is 11.8 Å². The third-order valence-corrected chi connectivity index (χ3v) is 2.44. The second kappa shape index (κ2) is 4.43. The summed E-state index contributed by atoms with van der Waals surface area (Å²) in [7, 11) is 0. The summed E-state index contributed by atoms with van der Waals surface area (Å²) in [5, 5.41) is 10.7. The molecule has 100 valence electrons. The van der Waals surface area contributed by atoms with Gasteiger partial charge < -0.3 is 10.4 Å². The lowest BCUT2D eigenvalue weighted by molar-refractivity contribution is -0.192. The molecule has 0 aliphatic rings. The highest BCUT2D eigenvalue weighted by molar-refractivity contribution is 5.83. The van der Waals surface area contributed by atoms with Crippen LogP contribution in [0, 0.1) is 13.8 Å². The Hall–Kier alpha value is -1.86. The van der Waals surface area contributed by atoms with Crippen LogP contribution >= 0.6 is 0 Å². The molecule has 1 rings (SSSR count). The molecule has 0 amide bonds. The number of carboxylic acids is 1. The molecule has 0 aliphatic heterocycles. The predicted molar refractivity (Wildman–Crippen MR) is 57.2 cm³/mol. The number of alkyl halides is 3. The summed E-state index contributed by atoms with van der Waals surface area (Å²) in [5.74, 6) is -2.23. The number of hydrogen-bond donors (Lipinski definition) is 2. The van der Waals surface area contributed by atoms with Gasteiger partial charge in [0.1, 0.15) is 5.82 Å². The molecular formula is C10H12F3N3O2. The number of halogens is 3. The van der Waals surface area contributed by atoms with Crippen molar-refractivity contribution in [2.45, 2.75) is 32.5 Å². The molecule has 0 spiro atoms. The van der Waals surface area contributed by atoms with Crippen LogP contribution in [0.4, 0.5) is 19.0 Å². The van der Waals surface area contributed by atoms with Crippen molar-refractivity contribution in [3.05, 3.63) is 17.6 Å². The summed E-state index contributed by atoms with van der Waals surface area (Å²) in [6.45, 7) is 3.52. The Bertz CT molecular complexity index is 476. The van der Waals surface area contributed by atoms with Gasteiger partial charge in [-0.25, -0.2) is 9.78 Å². The Morgan fingerprint density at radius 1 is 1.39 bits per heavy atom. The molecule has 0 aliphatic carbocycles. The minimum atomic E-state index is -4.96. The van der Waals surface area contributed by atoms with E-state index in [1.54, 1.807) is 6.92 Å². The SMILES string of the molecule is Cc1cnc(C)c(NC(C)(C(=O)O)C(F)(F)F)n1. The Labute approximate surface area is 101 Å². The summed E-state index contributed by atoms with van der Waals surface area (Å²) < 4.78 is 38.3. The Morgan fingerprint density at radius 2 is 1.94 bits per heavy atom. The van der Waals surface area contributed by atoms with Crippen molar-refractivity contribution in [3.8, 4) is 0 Å². The van der Waals surface area contributed by atoms with E-state index in [-0.39, 0.29) is 11.5 Å². The number of carboxylic acid groups (broad SMARTS) is 1. The van der Waals surface area contributed by atoms with Gasteiger partial charge in [-0.15, -0.1) is 0 Å². The quantitative estimate of drug-likeness (QED) is 0.871. The largest absolute Gasteiger partial charge is 0.479 e. The van der Waals surface area contributed by atoms with Gasteiger partial charge in [-0.2, -0.15) is 13.2 Å². The van der Waals surface area contributed by atoms with Gasteiger partial charge >= 0.3 is 12.1 Å². The van der Waals surface area contributed by atoms with Crippen LogP contribution < -0.4 is 5.32 Å². The first-order chi connectivity index (χ1) is 8.08. The molecule has 0 fully saturated rings. The van der Waals surface area contributed by atoms with E-state index in [2.05, 4.69) is 9.97 Å². The molecule has 0 saturated carbocycles. The number of aliphatic carboxylic acids is 1. The normalized spacial score (nSPS) is 15.0. The molecule has 18 heavy (non-hydrogen) atoms. The summed E-state index contributed by atoms with van der Waals surface area (Å²) in [6.07, 6.45) is -3.58. The zero-order valence-electron chi connectivity index (χ0n) is 9.96. The van der Waals surface area contributed by atoms with Crippen LogP contribution in [0.3, 0.4) is 0 Å². The predicted octanol–water partition coefficient (Wildman–Crippen LogP) is 1.91. The first-order valence-electron chi connectivity index (χ1n) is 4.96. The molecule has 8 heteroatoms. The number of rotatable bonds is 3. The highest BCUT2D eigenvalue weighted by Crippen LogP contribution is 2.33. The summed E-state index contributed by atoms with van der Waals surface area (Å²) in [4.78, 5) is 18.5. The molecular weight excluding hydrogens is 251 g/mol. The maximum atomic E-state index is 12.8. The van der Waals surface area contributed by atoms with E-state index in [1.165, 1.54) is 13.1 Å². The lowest BCUT2D eigenvalue weighted by Gasteiger charge is -2.29. The number of nitrogens with zero attached hydrogens (tertiary/aromatic N) is 2. The summed E-state index contributed by atoms with van der Waals surface area (Å²) in [6, 6.07) is 0. The minimum Gasteiger partial charge on any atom is -0.479 e. The van der Waals surface area contributed by atoms with Crippen molar-refractivity contribution in [1.29, 1.82) is 0 Å². The maximum Gasteiger partial charge on any atom is 0.422 e. The first kappa shape index (κ1) is 14.2. The second-order valence-electron chi connectivity index (χ2n) is 4.00. The van der Waals surface area contributed by atoms with E-state index < -0.39 is 17.7 Å². The van der Waals surface area contributed by atoms with Gasteiger partial charge in [0, 0.05) is 6.20 Å². The minimum absolute atomic E-state index is 0.192. The van der Waals surface area contributed by atoms with Crippen LogP contribution in [0.15, 0.2) is 6.20 Å². The fraction of sp³-hybridized carbons (Fsp3) is 0.500. The molecule has 0 saturated heterocycles. The van der Waals surface area contributed by atoms with Gasteiger partial charge in [0.25, 0.3) is 0 Å². The van der Waals surface area contributed by atoms with Gasteiger partial charge in [0.2, 0.25) is 5.54 Å². The van der Waals surface area contributed by atoms with E-state index in [0.717, 1.165) is 0 Å². The van der Waals surface area contributed by atoms with Gasteiger partial charge in [-0.3, -0.25) is 4.98 Å². The van der Waals surface area contributed by atoms with Gasteiger partial charge in [-0.05, 0) is 20.8 Å². The van der Waals surface area contributed by atoms with E-state index in [1.807, 2.05) is 5.32 Å². The molecule has 0 bridgehead atoms. The average Bonchev–Trinajstić information content (AvgIpc) is 2.21. The fourth-order valence-corrected chi connectivity index (χ4v) is 1.14. The summed E-state index contributed by atoms with van der Waals surface area (Å²) in [5.41, 5.74) is -2.53. The topological polar surface area (TPSA) is 75.1 Å². The number of anilines is 1. The molecule has 1 aromatic heterocycles. The van der Waals surface area contributed by atoms with E-state index >= 15 is 0 Å². The molecule has 0 radical (unpaired) electrons. The molecule has 1 unspecified atom stereocenters. The molecule has 2 N–H and O–H groups in total. The van der Waals surface area contributed by atoms with Crippen molar-refractivity contribution < 1.29 is 23.1 Å². The van der Waals surface area contributed by atoms with Crippen LogP contribution in [0.2, 0.25) is 0 Å². The monoisotopic (exact) mass is 263 g/mol. The van der Waals surface area contributed by atoms with Crippen molar-refractivity contribution in [3.63, 3.8) is 0 Å². The Morgan fingerprint density at radius 3 is 2.39 bits per heavy atom. The number of aromatic nitrogens is 2. The van der Waals surface area contributed by atoms with E-state index in [4.69, 9.17) is 5.11 Å². The Kier molecular flexibility index (Phi) is 3.50. The zero-order valence-corrected chi connectivity index (χ0v) is 9.96. The molecule has 5 nitrogen and oxygen atoms in total. The van der Waals surface area contributed by atoms with Crippen molar-refractivity contribution in [1.82, 2.24) is 9.97 Å². The third kappa shape index (κ3) is 2.52. The zero-order chi connectivity index (χ0) is 14.1. The molecule has 1 heterocycles. The van der Waals surface area contributed by atoms with Crippen LogP contribution in [0.5, 0.6) is 0 Å².